The normalized spacial score (nSPS) is 13.5. The van der Waals surface area contributed by atoms with Crippen LogP contribution in [0.15, 0.2) is 35.4 Å². The largest absolute Gasteiger partial charge is 0.434 e. The minimum absolute atomic E-state index is 0.00981. The molecule has 0 unspecified atom stereocenters. The van der Waals surface area contributed by atoms with E-state index in [9.17, 15) is 13.6 Å². The molecule has 2 aromatic rings. The van der Waals surface area contributed by atoms with E-state index in [1.165, 1.54) is 34.1 Å². The zero-order chi connectivity index (χ0) is 16.2. The highest BCUT2D eigenvalue weighted by Crippen LogP contribution is 2.30. The summed E-state index contributed by atoms with van der Waals surface area (Å²) >= 11 is 1.48. The maximum atomic E-state index is 12.3. The second-order valence-electron chi connectivity index (χ2n) is 5.03. The fourth-order valence-electron chi connectivity index (χ4n) is 2.45. The van der Waals surface area contributed by atoms with Crippen LogP contribution in [0.2, 0.25) is 0 Å². The van der Waals surface area contributed by atoms with E-state index in [0.29, 0.717) is 10.4 Å². The zero-order valence-electron chi connectivity index (χ0n) is 12.1. The number of thiophene rings is 1. The molecule has 1 aliphatic carbocycles. The van der Waals surface area contributed by atoms with E-state index in [-0.39, 0.29) is 11.7 Å². The fourth-order valence-corrected chi connectivity index (χ4v) is 3.59. The zero-order valence-corrected chi connectivity index (χ0v) is 12.9. The highest BCUT2D eigenvalue weighted by atomic mass is 32.1. The van der Waals surface area contributed by atoms with E-state index in [1.54, 1.807) is 18.2 Å². The van der Waals surface area contributed by atoms with Crippen LogP contribution in [0.4, 0.5) is 8.78 Å². The highest BCUT2D eigenvalue weighted by molar-refractivity contribution is 7.14. The molecule has 0 fully saturated rings. The summed E-state index contributed by atoms with van der Waals surface area (Å²) in [6, 6.07) is 8.14. The molecule has 7 heteroatoms. The second-order valence-corrected chi connectivity index (χ2v) is 6.16. The van der Waals surface area contributed by atoms with E-state index < -0.39 is 6.61 Å². The molecule has 3 rings (SSSR count). The average molecular weight is 336 g/mol. The first-order valence-corrected chi connectivity index (χ1v) is 7.94. The van der Waals surface area contributed by atoms with Crippen LogP contribution >= 0.6 is 11.3 Å². The molecule has 0 saturated carbocycles. The number of ether oxygens (including phenoxy) is 1. The van der Waals surface area contributed by atoms with Crippen molar-refractivity contribution in [1.29, 1.82) is 0 Å². The predicted molar refractivity (Wildman–Crippen MR) is 84.5 cm³/mol. The van der Waals surface area contributed by atoms with Crippen LogP contribution in [0.3, 0.4) is 0 Å². The van der Waals surface area contributed by atoms with Gasteiger partial charge in [0.1, 0.15) is 5.75 Å². The van der Waals surface area contributed by atoms with E-state index in [2.05, 4.69) is 15.3 Å². The van der Waals surface area contributed by atoms with Crippen LogP contribution < -0.4 is 10.2 Å². The molecule has 1 aromatic carbocycles. The third kappa shape index (κ3) is 3.73. The van der Waals surface area contributed by atoms with Gasteiger partial charge in [-0.2, -0.15) is 13.9 Å². The van der Waals surface area contributed by atoms with Gasteiger partial charge in [-0.1, -0.05) is 12.1 Å². The number of para-hydroxylation sites is 1. The Morgan fingerprint density at radius 1 is 1.35 bits per heavy atom. The summed E-state index contributed by atoms with van der Waals surface area (Å²) in [6.07, 6.45) is 4.47. The number of nitrogens with one attached hydrogen (secondary N) is 1. The minimum Gasteiger partial charge on any atom is -0.434 e. The van der Waals surface area contributed by atoms with Crippen molar-refractivity contribution in [2.45, 2.75) is 25.9 Å². The Labute approximate surface area is 135 Å². The number of carbonyl (C=O) groups is 1. The molecular weight excluding hydrogens is 322 g/mol. The number of benzene rings is 1. The summed E-state index contributed by atoms with van der Waals surface area (Å²) in [7, 11) is 0. The molecule has 1 heterocycles. The molecule has 0 radical (unpaired) electrons. The summed E-state index contributed by atoms with van der Waals surface area (Å²) in [5.41, 5.74) is 4.01. The predicted octanol–water partition coefficient (Wildman–Crippen LogP) is 3.60. The number of hydrogen-bond acceptors (Lipinski definition) is 4. The molecule has 1 aromatic heterocycles. The third-order valence-corrected chi connectivity index (χ3v) is 4.71. The Balaban J connectivity index is 1.65. The Bertz CT molecular complexity index is 722. The number of fused-ring (bicyclic) bond motifs is 1. The first kappa shape index (κ1) is 15.6. The van der Waals surface area contributed by atoms with E-state index in [4.69, 9.17) is 0 Å². The van der Waals surface area contributed by atoms with Crippen molar-refractivity contribution in [2.24, 2.45) is 5.10 Å². The topological polar surface area (TPSA) is 50.7 Å². The number of aryl methyl sites for hydroxylation is 2. The van der Waals surface area contributed by atoms with Crippen molar-refractivity contribution in [2.75, 3.05) is 0 Å². The lowest BCUT2D eigenvalue weighted by Gasteiger charge is -2.06. The second kappa shape index (κ2) is 6.87. The van der Waals surface area contributed by atoms with E-state index in [1.807, 2.05) is 6.07 Å². The monoisotopic (exact) mass is 336 g/mol. The van der Waals surface area contributed by atoms with Gasteiger partial charge in [0.15, 0.2) is 0 Å². The number of amides is 1. The maximum absolute atomic E-state index is 12.3. The summed E-state index contributed by atoms with van der Waals surface area (Å²) in [6.45, 7) is -2.91. The van der Waals surface area contributed by atoms with Crippen LogP contribution in [0, 0.1) is 0 Å². The van der Waals surface area contributed by atoms with Gasteiger partial charge in [0.05, 0.1) is 11.1 Å². The van der Waals surface area contributed by atoms with Gasteiger partial charge in [0.25, 0.3) is 5.91 Å². The molecule has 1 N–H and O–H groups in total. The van der Waals surface area contributed by atoms with Gasteiger partial charge < -0.3 is 4.74 Å². The molecule has 1 amide bonds. The number of nitrogens with zero attached hydrogens (tertiary/aromatic N) is 1. The lowest BCUT2D eigenvalue weighted by Crippen LogP contribution is -2.16. The smallest absolute Gasteiger partial charge is 0.387 e. The molecule has 4 nitrogen and oxygen atoms in total. The van der Waals surface area contributed by atoms with Gasteiger partial charge in [-0.3, -0.25) is 4.79 Å². The summed E-state index contributed by atoms with van der Waals surface area (Å²) in [5.74, 6) is -0.288. The quantitative estimate of drug-likeness (QED) is 0.670. The van der Waals surface area contributed by atoms with Gasteiger partial charge in [-0.25, -0.2) is 5.43 Å². The van der Waals surface area contributed by atoms with Crippen LogP contribution in [-0.2, 0) is 12.8 Å². The van der Waals surface area contributed by atoms with Crippen LogP contribution in [0.25, 0.3) is 0 Å². The molecule has 1 aliphatic rings. The van der Waals surface area contributed by atoms with Crippen LogP contribution in [0.5, 0.6) is 5.75 Å². The SMILES string of the molecule is O=C(N/N=C\c1ccccc1OC(F)F)c1cc2c(s1)CCC2. The summed E-state index contributed by atoms with van der Waals surface area (Å²) < 4.78 is 29.0. The summed E-state index contributed by atoms with van der Waals surface area (Å²) in [4.78, 5) is 13.9. The standard InChI is InChI=1S/C16H14F2N2O2S/c17-16(18)22-12-6-2-1-4-11(12)9-19-20-15(21)14-8-10-5-3-7-13(10)23-14/h1-2,4,6,8-9,16H,3,5,7H2,(H,20,21)/b19-9-. The van der Waals surface area contributed by atoms with E-state index >= 15 is 0 Å². The molecule has 120 valence electrons. The third-order valence-electron chi connectivity index (χ3n) is 3.48. The van der Waals surface area contributed by atoms with Crippen LogP contribution in [-0.4, -0.2) is 18.7 Å². The lowest BCUT2D eigenvalue weighted by atomic mass is 10.2. The van der Waals surface area contributed by atoms with Crippen molar-refractivity contribution in [3.05, 3.63) is 51.2 Å². The molecule has 0 atom stereocenters. The molecule has 0 saturated heterocycles. The maximum Gasteiger partial charge on any atom is 0.387 e. The van der Waals surface area contributed by atoms with Crippen molar-refractivity contribution in [3.63, 3.8) is 0 Å². The van der Waals surface area contributed by atoms with E-state index in [0.717, 1.165) is 19.3 Å². The van der Waals surface area contributed by atoms with Gasteiger partial charge in [0, 0.05) is 10.4 Å². The van der Waals surface area contributed by atoms with Gasteiger partial charge in [0.2, 0.25) is 0 Å². The van der Waals surface area contributed by atoms with Crippen molar-refractivity contribution in [1.82, 2.24) is 5.43 Å². The first-order valence-electron chi connectivity index (χ1n) is 7.12. The van der Waals surface area contributed by atoms with Gasteiger partial charge in [-0.05, 0) is 43.0 Å². The average Bonchev–Trinajstić information content (AvgIpc) is 3.09. The van der Waals surface area contributed by atoms with Crippen molar-refractivity contribution >= 4 is 23.5 Å². The molecule has 0 spiro atoms. The first-order chi connectivity index (χ1) is 11.1. The number of hydrogen-bond donors (Lipinski definition) is 1. The highest BCUT2D eigenvalue weighted by Gasteiger charge is 2.18. The van der Waals surface area contributed by atoms with Crippen molar-refractivity contribution < 1.29 is 18.3 Å². The van der Waals surface area contributed by atoms with Crippen LogP contribution in [0.1, 0.15) is 32.1 Å². The number of hydrazone groups is 1. The van der Waals surface area contributed by atoms with Gasteiger partial charge in [-0.15, -0.1) is 11.3 Å². The Morgan fingerprint density at radius 2 is 2.17 bits per heavy atom. The Kier molecular flexibility index (Phi) is 4.66. The Morgan fingerprint density at radius 3 is 2.96 bits per heavy atom. The molecule has 23 heavy (non-hydrogen) atoms. The molecule has 0 aliphatic heterocycles. The Hall–Kier alpha value is -2.28. The number of carbonyl (C=O) groups excluding carboxylic acids is 1. The molecule has 0 bridgehead atoms. The minimum atomic E-state index is -2.91. The van der Waals surface area contributed by atoms with Crippen molar-refractivity contribution in [3.8, 4) is 5.75 Å². The number of alkyl halides is 2. The lowest BCUT2D eigenvalue weighted by molar-refractivity contribution is -0.0499. The number of rotatable bonds is 5. The number of halogens is 2. The molecular formula is C16H14F2N2O2S. The van der Waals surface area contributed by atoms with Gasteiger partial charge >= 0.3 is 6.61 Å². The fraction of sp³-hybridized carbons (Fsp3) is 0.250. The summed E-state index contributed by atoms with van der Waals surface area (Å²) in [5, 5.41) is 3.83.